The minimum absolute atomic E-state index is 0.297. The van der Waals surface area contributed by atoms with E-state index in [1.54, 1.807) is 0 Å². The first-order valence-electron chi connectivity index (χ1n) is 4.95. The fraction of sp³-hybridized carbons (Fsp3) is 0.364. The minimum atomic E-state index is -4.70. The van der Waals surface area contributed by atoms with E-state index in [4.69, 9.17) is 5.26 Å². The molecule has 0 bridgehead atoms. The summed E-state index contributed by atoms with van der Waals surface area (Å²) in [4.78, 5) is 0. The Hall–Kier alpha value is -1.74. The van der Waals surface area contributed by atoms with Gasteiger partial charge in [-0.2, -0.15) is 5.26 Å². The lowest BCUT2D eigenvalue weighted by Gasteiger charge is -2.12. The Bertz CT molecular complexity index is 395. The summed E-state index contributed by atoms with van der Waals surface area (Å²) in [6.45, 7) is 2.44. The third-order valence-electron chi connectivity index (χ3n) is 1.98. The van der Waals surface area contributed by atoms with E-state index in [1.165, 1.54) is 24.3 Å². The monoisotopic (exact) mass is 244 g/mol. The summed E-state index contributed by atoms with van der Waals surface area (Å²) < 4.78 is 39.4. The third-order valence-corrected chi connectivity index (χ3v) is 1.98. The molecule has 0 aliphatic carbocycles. The first-order chi connectivity index (χ1) is 7.96. The van der Waals surface area contributed by atoms with Gasteiger partial charge < -0.3 is 4.74 Å². The van der Waals surface area contributed by atoms with Gasteiger partial charge in [-0.15, -0.1) is 13.2 Å². The molecule has 1 aromatic carbocycles. The van der Waals surface area contributed by atoms with E-state index in [-0.39, 0.29) is 5.75 Å². The summed E-state index contributed by atoms with van der Waals surface area (Å²) in [6.07, 6.45) is -4.70. The highest BCUT2D eigenvalue weighted by Gasteiger charge is 2.31. The summed E-state index contributed by atoms with van der Waals surface area (Å²) >= 11 is 0. The predicted octanol–water partition coefficient (Wildman–Crippen LogP) is 2.76. The van der Waals surface area contributed by atoms with E-state index in [9.17, 15) is 13.2 Å². The van der Waals surface area contributed by atoms with Gasteiger partial charge in [0, 0.05) is 0 Å². The molecule has 1 atom stereocenters. The van der Waals surface area contributed by atoms with Crippen LogP contribution < -0.4 is 10.1 Å². The summed E-state index contributed by atoms with van der Waals surface area (Å²) in [5.41, 5.74) is 0.601. The van der Waals surface area contributed by atoms with Crippen LogP contribution in [0.2, 0.25) is 0 Å². The van der Waals surface area contributed by atoms with Crippen LogP contribution in [-0.2, 0) is 0 Å². The lowest BCUT2D eigenvalue weighted by atomic mass is 10.1. The predicted molar refractivity (Wildman–Crippen MR) is 55.2 cm³/mol. The van der Waals surface area contributed by atoms with Gasteiger partial charge in [-0.05, 0) is 24.2 Å². The van der Waals surface area contributed by atoms with E-state index in [0.29, 0.717) is 12.1 Å². The number of alkyl halides is 3. The van der Waals surface area contributed by atoms with Crippen molar-refractivity contribution in [3.8, 4) is 11.8 Å². The molecular formula is C11H11F3N2O. The average Bonchev–Trinajstić information content (AvgIpc) is 2.25. The Morgan fingerprint density at radius 2 is 1.94 bits per heavy atom. The van der Waals surface area contributed by atoms with Crippen molar-refractivity contribution in [3.63, 3.8) is 0 Å². The molecule has 0 spiro atoms. The smallest absolute Gasteiger partial charge is 0.406 e. The van der Waals surface area contributed by atoms with Gasteiger partial charge in [0.15, 0.2) is 0 Å². The van der Waals surface area contributed by atoms with Gasteiger partial charge >= 0.3 is 6.36 Å². The molecule has 0 aromatic heterocycles. The number of rotatable bonds is 4. The number of nitrogens with zero attached hydrogens (tertiary/aromatic N) is 1. The topological polar surface area (TPSA) is 45.0 Å². The maximum Gasteiger partial charge on any atom is 0.573 e. The molecule has 0 fully saturated rings. The zero-order valence-corrected chi connectivity index (χ0v) is 9.08. The highest BCUT2D eigenvalue weighted by molar-refractivity contribution is 5.31. The van der Waals surface area contributed by atoms with Crippen molar-refractivity contribution < 1.29 is 17.9 Å². The molecule has 0 aliphatic rings. The van der Waals surface area contributed by atoms with Crippen molar-refractivity contribution in [1.82, 2.24) is 5.32 Å². The zero-order valence-electron chi connectivity index (χ0n) is 9.08. The number of hydrogen-bond donors (Lipinski definition) is 1. The summed E-state index contributed by atoms with van der Waals surface area (Å²) in [5.74, 6) is -0.297. The number of nitrogens with one attached hydrogen (secondary N) is 1. The van der Waals surface area contributed by atoms with Gasteiger partial charge in [-0.3, -0.25) is 5.32 Å². The molecule has 17 heavy (non-hydrogen) atoms. The van der Waals surface area contributed by atoms with E-state index in [1.807, 2.05) is 13.0 Å². The van der Waals surface area contributed by atoms with Gasteiger partial charge in [0.25, 0.3) is 0 Å². The molecule has 6 heteroatoms. The Morgan fingerprint density at radius 1 is 1.35 bits per heavy atom. The van der Waals surface area contributed by atoms with Crippen LogP contribution in [0.4, 0.5) is 13.2 Å². The molecule has 0 saturated carbocycles. The summed E-state index contributed by atoms with van der Waals surface area (Å²) in [7, 11) is 0. The SMILES string of the molecule is CCNC(C#N)c1ccc(OC(F)(F)F)cc1. The van der Waals surface area contributed by atoms with Crippen LogP contribution in [0.1, 0.15) is 18.5 Å². The van der Waals surface area contributed by atoms with Crippen LogP contribution in [0.5, 0.6) is 5.75 Å². The van der Waals surface area contributed by atoms with Crippen LogP contribution in [-0.4, -0.2) is 12.9 Å². The summed E-state index contributed by atoms with van der Waals surface area (Å²) in [5, 5.41) is 11.7. The van der Waals surface area contributed by atoms with Gasteiger partial charge in [-0.25, -0.2) is 0 Å². The van der Waals surface area contributed by atoms with Crippen molar-refractivity contribution in [2.45, 2.75) is 19.3 Å². The third kappa shape index (κ3) is 4.33. The highest BCUT2D eigenvalue weighted by Crippen LogP contribution is 2.24. The van der Waals surface area contributed by atoms with E-state index >= 15 is 0 Å². The maximum atomic E-state index is 11.9. The van der Waals surface area contributed by atoms with Gasteiger partial charge in [0.2, 0.25) is 0 Å². The normalized spacial score (nSPS) is 12.9. The standard InChI is InChI=1S/C11H11F3N2O/c1-2-16-10(7-15)8-3-5-9(6-4-8)17-11(12,13)14/h3-6,10,16H,2H2,1H3. The Labute approximate surface area is 96.8 Å². The van der Waals surface area contributed by atoms with Crippen molar-refractivity contribution in [1.29, 1.82) is 5.26 Å². The molecule has 0 saturated heterocycles. The molecule has 3 nitrogen and oxygen atoms in total. The van der Waals surface area contributed by atoms with Crippen molar-refractivity contribution >= 4 is 0 Å². The number of ether oxygens (including phenoxy) is 1. The molecule has 1 N–H and O–H groups in total. The first-order valence-corrected chi connectivity index (χ1v) is 4.95. The molecule has 0 aliphatic heterocycles. The minimum Gasteiger partial charge on any atom is -0.406 e. The lowest BCUT2D eigenvalue weighted by Crippen LogP contribution is -2.19. The van der Waals surface area contributed by atoms with E-state index < -0.39 is 12.4 Å². The van der Waals surface area contributed by atoms with Crippen LogP contribution in [0.15, 0.2) is 24.3 Å². The van der Waals surface area contributed by atoms with Crippen LogP contribution in [0, 0.1) is 11.3 Å². The van der Waals surface area contributed by atoms with E-state index in [2.05, 4.69) is 10.1 Å². The van der Waals surface area contributed by atoms with Crippen LogP contribution in [0.3, 0.4) is 0 Å². The van der Waals surface area contributed by atoms with Gasteiger partial charge in [-0.1, -0.05) is 19.1 Å². The van der Waals surface area contributed by atoms with E-state index in [0.717, 1.165) is 0 Å². The Morgan fingerprint density at radius 3 is 2.35 bits per heavy atom. The first kappa shape index (κ1) is 13.3. The van der Waals surface area contributed by atoms with Gasteiger partial charge in [0.1, 0.15) is 11.8 Å². The quantitative estimate of drug-likeness (QED) is 0.885. The molecule has 92 valence electrons. The fourth-order valence-electron chi connectivity index (χ4n) is 1.30. The molecule has 1 rings (SSSR count). The van der Waals surface area contributed by atoms with Crippen molar-refractivity contribution in [2.24, 2.45) is 0 Å². The van der Waals surface area contributed by atoms with Crippen LogP contribution in [0.25, 0.3) is 0 Å². The number of nitriles is 1. The summed E-state index contributed by atoms with van der Waals surface area (Å²) in [6, 6.07) is 6.71. The Balaban J connectivity index is 2.77. The fourth-order valence-corrected chi connectivity index (χ4v) is 1.30. The number of halogens is 3. The molecule has 0 heterocycles. The van der Waals surface area contributed by atoms with Gasteiger partial charge in [0.05, 0.1) is 6.07 Å². The largest absolute Gasteiger partial charge is 0.573 e. The molecule has 1 aromatic rings. The number of benzene rings is 1. The highest BCUT2D eigenvalue weighted by atomic mass is 19.4. The zero-order chi connectivity index (χ0) is 12.9. The second-order valence-corrected chi connectivity index (χ2v) is 3.24. The lowest BCUT2D eigenvalue weighted by molar-refractivity contribution is -0.274. The maximum absolute atomic E-state index is 11.9. The molecular weight excluding hydrogens is 233 g/mol. The molecule has 0 radical (unpaired) electrons. The number of hydrogen-bond acceptors (Lipinski definition) is 3. The second kappa shape index (κ2) is 5.55. The second-order valence-electron chi connectivity index (χ2n) is 3.24. The average molecular weight is 244 g/mol. The molecule has 0 amide bonds. The van der Waals surface area contributed by atoms with Crippen molar-refractivity contribution in [3.05, 3.63) is 29.8 Å². The molecule has 1 unspecified atom stereocenters. The Kier molecular flexibility index (Phi) is 4.35. The van der Waals surface area contributed by atoms with Crippen molar-refractivity contribution in [2.75, 3.05) is 6.54 Å². The van der Waals surface area contributed by atoms with Crippen LogP contribution >= 0.6 is 0 Å².